The van der Waals surface area contributed by atoms with Gasteiger partial charge in [0.15, 0.2) is 0 Å². The van der Waals surface area contributed by atoms with Crippen molar-refractivity contribution in [2.75, 3.05) is 6.54 Å². The monoisotopic (exact) mass is 306 g/mol. The lowest BCUT2D eigenvalue weighted by Gasteiger charge is -2.30. The number of thiophene rings is 1. The summed E-state index contributed by atoms with van der Waals surface area (Å²) in [6, 6.07) is 4.17. The van der Waals surface area contributed by atoms with Crippen molar-refractivity contribution in [3.05, 3.63) is 22.4 Å². The van der Waals surface area contributed by atoms with Crippen LogP contribution in [0.5, 0.6) is 0 Å². The normalized spacial score (nSPS) is 27.9. The summed E-state index contributed by atoms with van der Waals surface area (Å²) in [7, 11) is 0. The van der Waals surface area contributed by atoms with Gasteiger partial charge in [-0.2, -0.15) is 0 Å². The van der Waals surface area contributed by atoms with Gasteiger partial charge in [-0.05, 0) is 41.5 Å². The second-order valence-electron chi connectivity index (χ2n) is 7.29. The summed E-state index contributed by atoms with van der Waals surface area (Å²) < 4.78 is 0. The van der Waals surface area contributed by atoms with Gasteiger partial charge in [-0.1, -0.05) is 33.8 Å². The van der Waals surface area contributed by atoms with E-state index in [9.17, 15) is 4.79 Å². The molecule has 0 radical (unpaired) electrons. The van der Waals surface area contributed by atoms with Gasteiger partial charge in [0.1, 0.15) is 6.17 Å². The van der Waals surface area contributed by atoms with E-state index in [2.05, 4.69) is 55.4 Å². The molecule has 2 fully saturated rings. The Kier molecular flexibility index (Phi) is 3.87. The van der Waals surface area contributed by atoms with Crippen LogP contribution >= 0.6 is 11.3 Å². The molecule has 3 rings (SSSR count). The molecule has 2 atom stereocenters. The van der Waals surface area contributed by atoms with E-state index in [1.54, 1.807) is 11.3 Å². The molecule has 3 nitrogen and oxygen atoms in total. The van der Waals surface area contributed by atoms with Crippen LogP contribution in [0.2, 0.25) is 0 Å². The number of nitrogens with zero attached hydrogens (tertiary/aromatic N) is 1. The van der Waals surface area contributed by atoms with Crippen molar-refractivity contribution in [3.63, 3.8) is 0 Å². The first-order chi connectivity index (χ1) is 9.94. The maximum Gasteiger partial charge on any atom is 0.241 e. The third-order valence-electron chi connectivity index (χ3n) is 5.28. The molecule has 1 aliphatic heterocycles. The molecule has 1 amide bonds. The Hall–Kier alpha value is -0.870. The summed E-state index contributed by atoms with van der Waals surface area (Å²) in [5.74, 6) is 1.27. The molecule has 4 heteroatoms. The van der Waals surface area contributed by atoms with Gasteiger partial charge < -0.3 is 4.90 Å². The third kappa shape index (κ3) is 2.64. The van der Waals surface area contributed by atoms with Gasteiger partial charge in [0.25, 0.3) is 0 Å². The highest BCUT2D eigenvalue weighted by atomic mass is 32.1. The highest BCUT2D eigenvalue weighted by Crippen LogP contribution is 2.53. The second-order valence-corrected chi connectivity index (χ2v) is 8.27. The number of nitrogens with one attached hydrogen (secondary N) is 1. The molecule has 1 saturated carbocycles. The lowest BCUT2D eigenvalue weighted by Crippen LogP contribution is -2.38. The first-order valence-corrected chi connectivity index (χ1v) is 8.92. The third-order valence-corrected chi connectivity index (χ3v) is 6.20. The van der Waals surface area contributed by atoms with Crippen LogP contribution in [0.1, 0.15) is 51.6 Å². The summed E-state index contributed by atoms with van der Waals surface area (Å²) in [5, 5.41) is 5.66. The highest BCUT2D eigenvalue weighted by molar-refractivity contribution is 7.10. The maximum absolute atomic E-state index is 12.8. The van der Waals surface area contributed by atoms with Crippen LogP contribution in [0, 0.1) is 17.3 Å². The molecule has 1 aromatic rings. The Balaban J connectivity index is 1.85. The topological polar surface area (TPSA) is 32.3 Å². The second kappa shape index (κ2) is 5.40. The predicted octanol–water partition coefficient (Wildman–Crippen LogP) is 3.64. The van der Waals surface area contributed by atoms with Crippen LogP contribution in [0.25, 0.3) is 0 Å². The first-order valence-electron chi connectivity index (χ1n) is 8.04. The van der Waals surface area contributed by atoms with Crippen LogP contribution < -0.4 is 5.32 Å². The standard InChI is InChI=1S/C17H26N2OS/c1-11(2)14-16(20)19(10-17(7-8-17)12(3)4)15(18-14)13-6-5-9-21-13/h5-6,9,11-12,14-15,18H,7-8,10H2,1-4H3. The van der Waals surface area contributed by atoms with Crippen molar-refractivity contribution in [2.24, 2.45) is 17.3 Å². The van der Waals surface area contributed by atoms with Gasteiger partial charge in [-0.25, -0.2) is 0 Å². The predicted molar refractivity (Wildman–Crippen MR) is 87.0 cm³/mol. The van der Waals surface area contributed by atoms with Crippen LogP contribution in [-0.2, 0) is 4.79 Å². The first kappa shape index (κ1) is 15.0. The molecule has 2 heterocycles. The van der Waals surface area contributed by atoms with Crippen molar-refractivity contribution < 1.29 is 4.79 Å². The molecule has 1 N–H and O–H groups in total. The number of carbonyl (C=O) groups is 1. The maximum atomic E-state index is 12.8. The fourth-order valence-electron chi connectivity index (χ4n) is 3.38. The van der Waals surface area contributed by atoms with Crippen molar-refractivity contribution in [3.8, 4) is 0 Å². The van der Waals surface area contributed by atoms with Gasteiger partial charge in [0.05, 0.1) is 6.04 Å². The minimum Gasteiger partial charge on any atom is -0.320 e. The summed E-state index contributed by atoms with van der Waals surface area (Å²) in [6.45, 7) is 9.74. The summed E-state index contributed by atoms with van der Waals surface area (Å²) in [5.41, 5.74) is 0.360. The van der Waals surface area contributed by atoms with Gasteiger partial charge >= 0.3 is 0 Å². The average Bonchev–Trinajstić information content (AvgIpc) is 2.88. The zero-order valence-electron chi connectivity index (χ0n) is 13.4. The zero-order valence-corrected chi connectivity index (χ0v) is 14.2. The molecule has 116 valence electrons. The summed E-state index contributed by atoms with van der Waals surface area (Å²) in [4.78, 5) is 16.2. The van der Waals surface area contributed by atoms with E-state index in [0.29, 0.717) is 17.3 Å². The van der Waals surface area contributed by atoms with Crippen LogP contribution in [0.4, 0.5) is 0 Å². The molecular formula is C17H26N2OS. The van der Waals surface area contributed by atoms with Crippen molar-refractivity contribution >= 4 is 17.2 Å². The summed E-state index contributed by atoms with van der Waals surface area (Å²) >= 11 is 1.74. The van der Waals surface area contributed by atoms with Crippen molar-refractivity contribution in [1.29, 1.82) is 0 Å². The molecule has 0 spiro atoms. The smallest absolute Gasteiger partial charge is 0.241 e. The molecule has 0 bridgehead atoms. The number of rotatable bonds is 5. The number of hydrogen-bond acceptors (Lipinski definition) is 3. The fraction of sp³-hybridized carbons (Fsp3) is 0.706. The van der Waals surface area contributed by atoms with Crippen molar-refractivity contribution in [2.45, 2.75) is 52.7 Å². The van der Waals surface area contributed by atoms with Crippen LogP contribution in [-0.4, -0.2) is 23.4 Å². The Morgan fingerprint density at radius 2 is 2.10 bits per heavy atom. The largest absolute Gasteiger partial charge is 0.320 e. The molecular weight excluding hydrogens is 280 g/mol. The SMILES string of the molecule is CC(C)C1NC(c2cccs2)N(CC2(C(C)C)CC2)C1=O. The minimum atomic E-state index is -0.0416. The van der Waals surface area contributed by atoms with E-state index in [-0.39, 0.29) is 18.1 Å². The van der Waals surface area contributed by atoms with E-state index in [4.69, 9.17) is 0 Å². The Labute approximate surface area is 131 Å². The minimum absolute atomic E-state index is 0.0416. The van der Waals surface area contributed by atoms with Crippen molar-refractivity contribution in [1.82, 2.24) is 10.2 Å². The lowest BCUT2D eigenvalue weighted by atomic mass is 9.91. The fourth-order valence-corrected chi connectivity index (χ4v) is 4.18. The number of carbonyl (C=O) groups excluding carboxylic acids is 1. The Morgan fingerprint density at radius 1 is 1.38 bits per heavy atom. The number of amides is 1. The Bertz CT molecular complexity index is 505. The van der Waals surface area contributed by atoms with Gasteiger partial charge in [-0.3, -0.25) is 10.1 Å². The van der Waals surface area contributed by atoms with E-state index in [1.807, 2.05) is 0 Å². The molecule has 1 aromatic heterocycles. The quantitative estimate of drug-likeness (QED) is 0.901. The van der Waals surface area contributed by atoms with Crippen LogP contribution in [0.3, 0.4) is 0 Å². The van der Waals surface area contributed by atoms with E-state index < -0.39 is 0 Å². The molecule has 1 aliphatic carbocycles. The average molecular weight is 306 g/mol. The summed E-state index contributed by atoms with van der Waals surface area (Å²) in [6.07, 6.45) is 2.59. The van der Waals surface area contributed by atoms with Gasteiger partial charge in [-0.15, -0.1) is 11.3 Å². The van der Waals surface area contributed by atoms with E-state index in [0.717, 1.165) is 6.54 Å². The molecule has 21 heavy (non-hydrogen) atoms. The van der Waals surface area contributed by atoms with E-state index in [1.165, 1.54) is 17.7 Å². The Morgan fingerprint density at radius 3 is 2.57 bits per heavy atom. The molecule has 0 aromatic carbocycles. The van der Waals surface area contributed by atoms with E-state index >= 15 is 0 Å². The molecule has 1 saturated heterocycles. The molecule has 2 unspecified atom stereocenters. The van der Waals surface area contributed by atoms with Gasteiger partial charge in [0, 0.05) is 11.4 Å². The van der Waals surface area contributed by atoms with Crippen LogP contribution in [0.15, 0.2) is 17.5 Å². The zero-order chi connectivity index (χ0) is 15.2. The molecule has 2 aliphatic rings. The lowest BCUT2D eigenvalue weighted by molar-refractivity contribution is -0.131. The van der Waals surface area contributed by atoms with Gasteiger partial charge in [0.2, 0.25) is 5.91 Å². The number of hydrogen-bond donors (Lipinski definition) is 1. The highest BCUT2D eigenvalue weighted by Gasteiger charge is 2.51.